The maximum Gasteiger partial charge on any atom is 0.240 e. The molecule has 3 aliphatic heterocycles. The van der Waals surface area contributed by atoms with Crippen molar-refractivity contribution in [3.05, 3.63) is 92.4 Å². The van der Waals surface area contributed by atoms with Gasteiger partial charge < -0.3 is 9.64 Å². The number of hydrogen-bond donors (Lipinski definition) is 0. The lowest BCUT2D eigenvalue weighted by atomic mass is 9.86. The van der Waals surface area contributed by atoms with E-state index in [0.29, 0.717) is 20.8 Å². The number of ether oxygens (including phenoxy) is 1. The number of rotatable bonds is 4. The van der Waals surface area contributed by atoms with E-state index in [4.69, 9.17) is 27.9 Å². The number of amides is 2. The lowest BCUT2D eigenvalue weighted by Gasteiger charge is -2.36. The van der Waals surface area contributed by atoms with Gasteiger partial charge in [0.15, 0.2) is 5.78 Å². The quantitative estimate of drug-likeness (QED) is 0.271. The average molecular weight is 598 g/mol. The Morgan fingerprint density at radius 2 is 1.70 bits per heavy atom. The molecule has 4 atom stereocenters. The highest BCUT2D eigenvalue weighted by molar-refractivity contribution is 9.10. The first-order chi connectivity index (χ1) is 17.8. The molecule has 6 rings (SSSR count). The second-order valence-electron chi connectivity index (χ2n) is 9.13. The molecule has 2 amide bonds. The van der Waals surface area contributed by atoms with Gasteiger partial charge in [-0.2, -0.15) is 0 Å². The van der Waals surface area contributed by atoms with Crippen LogP contribution in [0.1, 0.15) is 15.9 Å². The highest BCUT2D eigenvalue weighted by Crippen LogP contribution is 2.50. The minimum Gasteiger partial charge on any atom is -0.496 e. The van der Waals surface area contributed by atoms with Crippen LogP contribution in [0.3, 0.4) is 0 Å². The van der Waals surface area contributed by atoms with Crippen LogP contribution in [0.15, 0.2) is 71.2 Å². The molecule has 0 aliphatic carbocycles. The SMILES string of the molecule is COc1ccc(C(=O)[C@@H]2[C@@H]3C(=O)N(c4ccc(Cl)cc4Cl)C(=O)[C@@H]3[C@H]3C=Cc4ccccc4N32)cc1Br. The van der Waals surface area contributed by atoms with Crippen LogP contribution < -0.4 is 14.5 Å². The molecule has 0 spiro atoms. The molecule has 3 aromatic rings. The predicted octanol–water partition coefficient (Wildman–Crippen LogP) is 6.04. The number of carbonyl (C=O) groups excluding carboxylic acids is 3. The Labute approximate surface area is 231 Å². The Morgan fingerprint density at radius 1 is 0.946 bits per heavy atom. The Morgan fingerprint density at radius 3 is 2.43 bits per heavy atom. The number of para-hydroxylation sites is 1. The van der Waals surface area contributed by atoms with Gasteiger partial charge in [-0.1, -0.05) is 53.6 Å². The predicted molar refractivity (Wildman–Crippen MR) is 146 cm³/mol. The first-order valence-electron chi connectivity index (χ1n) is 11.6. The number of imide groups is 1. The second-order valence-corrected chi connectivity index (χ2v) is 10.8. The number of ketones is 1. The number of halogens is 3. The van der Waals surface area contributed by atoms with Crippen LogP contribution in [0, 0.1) is 11.8 Å². The zero-order valence-electron chi connectivity index (χ0n) is 19.4. The van der Waals surface area contributed by atoms with E-state index in [1.165, 1.54) is 6.07 Å². The normalized spacial score (nSPS) is 23.7. The van der Waals surface area contributed by atoms with Gasteiger partial charge >= 0.3 is 0 Å². The van der Waals surface area contributed by atoms with Crippen LogP contribution in [0.2, 0.25) is 10.0 Å². The highest BCUT2D eigenvalue weighted by Gasteiger charge is 2.64. The Kier molecular flexibility index (Phi) is 5.90. The molecule has 9 heteroatoms. The number of anilines is 2. The van der Waals surface area contributed by atoms with Crippen LogP contribution in [-0.2, 0) is 9.59 Å². The molecule has 0 unspecified atom stereocenters. The van der Waals surface area contributed by atoms with E-state index in [0.717, 1.165) is 16.2 Å². The Hall–Kier alpha value is -3.13. The largest absolute Gasteiger partial charge is 0.496 e. The molecular formula is C28H19BrCl2N2O4. The van der Waals surface area contributed by atoms with Gasteiger partial charge in [0.05, 0.1) is 40.2 Å². The summed E-state index contributed by atoms with van der Waals surface area (Å²) in [6.45, 7) is 0. The summed E-state index contributed by atoms with van der Waals surface area (Å²) in [5.41, 5.74) is 2.41. The number of carbonyl (C=O) groups is 3. The molecule has 0 saturated carbocycles. The molecule has 3 aliphatic rings. The molecule has 0 radical (unpaired) electrons. The number of methoxy groups -OCH3 is 1. The van der Waals surface area contributed by atoms with E-state index in [9.17, 15) is 14.4 Å². The fourth-order valence-electron chi connectivity index (χ4n) is 5.70. The van der Waals surface area contributed by atoms with Gasteiger partial charge in [0, 0.05) is 16.3 Å². The van der Waals surface area contributed by atoms with Crippen molar-refractivity contribution in [2.24, 2.45) is 11.8 Å². The van der Waals surface area contributed by atoms with E-state index in [2.05, 4.69) is 15.9 Å². The molecule has 3 aromatic carbocycles. The van der Waals surface area contributed by atoms with Crippen molar-refractivity contribution >= 4 is 74.2 Å². The summed E-state index contributed by atoms with van der Waals surface area (Å²) < 4.78 is 5.94. The standard InChI is InChI=1S/C28H19BrCl2N2O4/c1-37-22-11-7-15(12-17(22)29)26(34)25-24-23(21-9-6-14-4-2-3-5-19(14)32(21)25)27(35)33(28(24)36)20-10-8-16(30)13-18(20)31/h2-13,21,23-25H,1H3/t21-,23-,24-,25+/m1/s1. The average Bonchev–Trinajstić information content (AvgIpc) is 3.36. The van der Waals surface area contributed by atoms with Crippen LogP contribution in [0.25, 0.3) is 6.08 Å². The van der Waals surface area contributed by atoms with Crippen LogP contribution in [-0.4, -0.2) is 36.8 Å². The first kappa shape index (κ1) is 24.2. The zero-order chi connectivity index (χ0) is 26.0. The topological polar surface area (TPSA) is 66.9 Å². The number of Topliss-reactive ketones (excluding diaryl/α,β-unsaturated/α-hetero) is 1. The summed E-state index contributed by atoms with van der Waals surface area (Å²) in [6.07, 6.45) is 3.86. The number of benzene rings is 3. The van der Waals surface area contributed by atoms with Crippen molar-refractivity contribution in [2.45, 2.75) is 12.1 Å². The molecule has 186 valence electrons. The van der Waals surface area contributed by atoms with E-state index < -0.39 is 29.8 Å². The molecular weight excluding hydrogens is 579 g/mol. The number of fused-ring (bicyclic) bond motifs is 5. The summed E-state index contributed by atoms with van der Waals surface area (Å²) >= 11 is 15.9. The van der Waals surface area contributed by atoms with Crippen LogP contribution in [0.5, 0.6) is 5.75 Å². The maximum absolute atomic E-state index is 14.2. The van der Waals surface area contributed by atoms with Crippen molar-refractivity contribution in [3.63, 3.8) is 0 Å². The van der Waals surface area contributed by atoms with Crippen LogP contribution in [0.4, 0.5) is 11.4 Å². The lowest BCUT2D eigenvalue weighted by molar-refractivity contribution is -0.122. The molecule has 6 nitrogen and oxygen atoms in total. The smallest absolute Gasteiger partial charge is 0.240 e. The van der Waals surface area contributed by atoms with Crippen molar-refractivity contribution in [2.75, 3.05) is 16.9 Å². The van der Waals surface area contributed by atoms with E-state index in [1.54, 1.807) is 37.4 Å². The minimum absolute atomic E-state index is 0.192. The molecule has 0 N–H and O–H groups in total. The second kappa shape index (κ2) is 9.01. The Balaban J connectivity index is 1.49. The van der Waals surface area contributed by atoms with Crippen LogP contribution >= 0.6 is 39.1 Å². The molecule has 0 aromatic heterocycles. The lowest BCUT2D eigenvalue weighted by Crippen LogP contribution is -2.48. The Bertz CT molecular complexity index is 1520. The van der Waals surface area contributed by atoms with Gasteiger partial charge in [-0.15, -0.1) is 0 Å². The van der Waals surface area contributed by atoms with E-state index in [1.807, 2.05) is 41.3 Å². The van der Waals surface area contributed by atoms with Gasteiger partial charge in [-0.25, -0.2) is 4.90 Å². The fourth-order valence-corrected chi connectivity index (χ4v) is 6.74. The maximum atomic E-state index is 14.2. The van der Waals surface area contributed by atoms with Gasteiger partial charge in [-0.3, -0.25) is 14.4 Å². The molecule has 2 saturated heterocycles. The molecule has 2 fully saturated rings. The summed E-state index contributed by atoms with van der Waals surface area (Å²) in [5, 5.41) is 0.585. The number of nitrogens with zero attached hydrogens (tertiary/aromatic N) is 2. The van der Waals surface area contributed by atoms with Crippen molar-refractivity contribution < 1.29 is 19.1 Å². The third kappa shape index (κ3) is 3.63. The van der Waals surface area contributed by atoms with Crippen molar-refractivity contribution in [1.29, 1.82) is 0 Å². The minimum atomic E-state index is -0.895. The van der Waals surface area contributed by atoms with E-state index >= 15 is 0 Å². The van der Waals surface area contributed by atoms with Gasteiger partial charge in [0.2, 0.25) is 11.8 Å². The monoisotopic (exact) mass is 596 g/mol. The van der Waals surface area contributed by atoms with Gasteiger partial charge in [0.1, 0.15) is 11.8 Å². The highest BCUT2D eigenvalue weighted by atomic mass is 79.9. The summed E-state index contributed by atoms with van der Waals surface area (Å²) in [4.78, 5) is 45.1. The molecule has 3 heterocycles. The summed E-state index contributed by atoms with van der Waals surface area (Å²) in [6, 6.07) is 16.0. The van der Waals surface area contributed by atoms with Crippen molar-refractivity contribution in [1.82, 2.24) is 0 Å². The first-order valence-corrected chi connectivity index (χ1v) is 13.1. The fraction of sp³-hybridized carbons (Fsp3) is 0.179. The number of hydrogen-bond acceptors (Lipinski definition) is 5. The van der Waals surface area contributed by atoms with Gasteiger partial charge in [0.25, 0.3) is 0 Å². The van der Waals surface area contributed by atoms with Crippen molar-refractivity contribution in [3.8, 4) is 5.75 Å². The molecule has 37 heavy (non-hydrogen) atoms. The van der Waals surface area contributed by atoms with E-state index in [-0.39, 0.29) is 22.4 Å². The molecule has 0 bridgehead atoms. The summed E-state index contributed by atoms with van der Waals surface area (Å²) in [7, 11) is 1.55. The zero-order valence-corrected chi connectivity index (χ0v) is 22.5. The third-order valence-electron chi connectivity index (χ3n) is 7.27. The van der Waals surface area contributed by atoms with Gasteiger partial charge in [-0.05, 0) is 64.0 Å². The third-order valence-corrected chi connectivity index (χ3v) is 8.43. The summed E-state index contributed by atoms with van der Waals surface area (Å²) in [5.74, 6) is -2.15.